The fourth-order valence-electron chi connectivity index (χ4n) is 2.25. The summed E-state index contributed by atoms with van der Waals surface area (Å²) in [6, 6.07) is 3.35. The van der Waals surface area contributed by atoms with Crippen molar-refractivity contribution in [2.45, 2.75) is 45.1 Å². The lowest BCUT2D eigenvalue weighted by Gasteiger charge is -2.42. The van der Waals surface area contributed by atoms with Crippen molar-refractivity contribution in [1.82, 2.24) is 4.98 Å². The van der Waals surface area contributed by atoms with Gasteiger partial charge < -0.3 is 10.4 Å². The zero-order valence-corrected chi connectivity index (χ0v) is 10.3. The van der Waals surface area contributed by atoms with Gasteiger partial charge >= 0.3 is 5.97 Å². The molecular weight excluding hydrogens is 216 g/mol. The Morgan fingerprint density at radius 2 is 2.24 bits per heavy atom. The smallest absolute Gasteiger partial charge is 0.339 e. The molecule has 1 fully saturated rings. The molecule has 1 aromatic rings. The van der Waals surface area contributed by atoms with Gasteiger partial charge in [-0.25, -0.2) is 9.78 Å². The number of aromatic carboxylic acids is 1. The number of carboxylic acids is 1. The van der Waals surface area contributed by atoms with Crippen LogP contribution in [0.15, 0.2) is 12.1 Å². The normalized spacial score (nSPS) is 17.3. The Balaban J connectivity index is 2.30. The maximum Gasteiger partial charge on any atom is 0.339 e. The highest BCUT2D eigenvalue weighted by molar-refractivity contribution is 5.93. The van der Waals surface area contributed by atoms with Gasteiger partial charge in [0.25, 0.3) is 0 Å². The molecule has 2 rings (SSSR count). The van der Waals surface area contributed by atoms with Gasteiger partial charge in [-0.15, -0.1) is 0 Å². The summed E-state index contributed by atoms with van der Waals surface area (Å²) in [4.78, 5) is 15.5. The molecule has 0 aliphatic heterocycles. The second-order valence-electron chi connectivity index (χ2n) is 4.77. The third kappa shape index (κ3) is 2.25. The number of carboxylic acid groups (broad SMARTS) is 1. The third-order valence-electron chi connectivity index (χ3n) is 3.64. The predicted molar refractivity (Wildman–Crippen MR) is 66.4 cm³/mol. The molecule has 1 saturated carbocycles. The molecule has 2 N–H and O–H groups in total. The quantitative estimate of drug-likeness (QED) is 0.841. The molecule has 0 unspecified atom stereocenters. The average molecular weight is 234 g/mol. The minimum absolute atomic E-state index is 0.0605. The maximum absolute atomic E-state index is 11.1. The van der Waals surface area contributed by atoms with E-state index >= 15 is 0 Å². The monoisotopic (exact) mass is 234 g/mol. The zero-order chi connectivity index (χ0) is 12.5. The number of aryl methyl sites for hydroxylation is 1. The molecule has 1 aliphatic carbocycles. The van der Waals surface area contributed by atoms with E-state index < -0.39 is 5.97 Å². The van der Waals surface area contributed by atoms with Crippen molar-refractivity contribution >= 4 is 11.8 Å². The fourth-order valence-corrected chi connectivity index (χ4v) is 2.25. The van der Waals surface area contributed by atoms with E-state index in [2.05, 4.69) is 17.2 Å². The summed E-state index contributed by atoms with van der Waals surface area (Å²) in [5, 5.41) is 12.5. The Bertz CT molecular complexity index is 434. The molecule has 1 heterocycles. The molecule has 0 radical (unpaired) electrons. The molecule has 92 valence electrons. The standard InChI is InChI=1S/C13H18N2O2/c1-3-13(7-4-8-13)15-11-10(12(16)17)6-5-9(2)14-11/h5-6H,3-4,7-8H2,1-2H3,(H,14,15)(H,16,17). The summed E-state index contributed by atoms with van der Waals surface area (Å²) in [5.74, 6) is -0.412. The van der Waals surface area contributed by atoms with Crippen LogP contribution < -0.4 is 5.32 Å². The molecule has 0 saturated heterocycles. The summed E-state index contributed by atoms with van der Waals surface area (Å²) in [6.45, 7) is 4.00. The summed E-state index contributed by atoms with van der Waals surface area (Å²) in [5.41, 5.74) is 1.16. The van der Waals surface area contributed by atoms with E-state index in [9.17, 15) is 4.79 Å². The van der Waals surface area contributed by atoms with Crippen LogP contribution in [0.3, 0.4) is 0 Å². The number of hydrogen-bond donors (Lipinski definition) is 2. The fraction of sp³-hybridized carbons (Fsp3) is 0.538. The summed E-state index contributed by atoms with van der Waals surface area (Å²) in [6.07, 6.45) is 4.40. The Morgan fingerprint density at radius 1 is 1.53 bits per heavy atom. The average Bonchev–Trinajstić information content (AvgIpc) is 2.23. The van der Waals surface area contributed by atoms with E-state index in [1.807, 2.05) is 6.92 Å². The van der Waals surface area contributed by atoms with Gasteiger partial charge in [-0.1, -0.05) is 6.92 Å². The summed E-state index contributed by atoms with van der Waals surface area (Å²) in [7, 11) is 0. The second kappa shape index (κ2) is 4.35. The summed E-state index contributed by atoms with van der Waals surface area (Å²) < 4.78 is 0. The van der Waals surface area contributed by atoms with Crippen LogP contribution in [0.5, 0.6) is 0 Å². The number of hydrogen-bond acceptors (Lipinski definition) is 3. The van der Waals surface area contributed by atoms with Crippen LogP contribution in [0.25, 0.3) is 0 Å². The number of carbonyl (C=O) groups is 1. The molecule has 0 aromatic carbocycles. The minimum Gasteiger partial charge on any atom is -0.478 e. The maximum atomic E-state index is 11.1. The number of pyridine rings is 1. The number of rotatable bonds is 4. The number of aromatic nitrogens is 1. The first kappa shape index (κ1) is 11.9. The van der Waals surface area contributed by atoms with Crippen molar-refractivity contribution in [2.24, 2.45) is 0 Å². The molecule has 0 spiro atoms. The van der Waals surface area contributed by atoms with Crippen LogP contribution in [-0.4, -0.2) is 21.6 Å². The minimum atomic E-state index is -0.925. The Labute approximate surface area is 101 Å². The van der Waals surface area contributed by atoms with Crippen LogP contribution in [0.2, 0.25) is 0 Å². The zero-order valence-electron chi connectivity index (χ0n) is 10.3. The van der Waals surface area contributed by atoms with E-state index in [0.717, 1.165) is 25.0 Å². The molecule has 4 nitrogen and oxygen atoms in total. The SMILES string of the molecule is CCC1(Nc2nc(C)ccc2C(=O)O)CCC1. The van der Waals surface area contributed by atoms with Gasteiger partial charge in [0.1, 0.15) is 11.4 Å². The van der Waals surface area contributed by atoms with Crippen molar-refractivity contribution < 1.29 is 9.90 Å². The highest BCUT2D eigenvalue weighted by Gasteiger charge is 2.36. The van der Waals surface area contributed by atoms with Gasteiger partial charge in [0, 0.05) is 11.2 Å². The molecule has 1 aromatic heterocycles. The Hall–Kier alpha value is -1.58. The van der Waals surface area contributed by atoms with Crippen molar-refractivity contribution in [3.05, 3.63) is 23.4 Å². The molecular formula is C13H18N2O2. The van der Waals surface area contributed by atoms with Crippen molar-refractivity contribution in [1.29, 1.82) is 0 Å². The number of nitrogens with one attached hydrogen (secondary N) is 1. The first-order valence-corrected chi connectivity index (χ1v) is 6.05. The topological polar surface area (TPSA) is 62.2 Å². The van der Waals surface area contributed by atoms with Crippen LogP contribution in [0.1, 0.15) is 48.7 Å². The second-order valence-corrected chi connectivity index (χ2v) is 4.77. The largest absolute Gasteiger partial charge is 0.478 e. The Kier molecular flexibility index (Phi) is 3.05. The molecule has 0 bridgehead atoms. The molecule has 4 heteroatoms. The first-order valence-electron chi connectivity index (χ1n) is 6.05. The number of nitrogens with zero attached hydrogens (tertiary/aromatic N) is 1. The molecule has 17 heavy (non-hydrogen) atoms. The van der Waals surface area contributed by atoms with Gasteiger partial charge in [0.2, 0.25) is 0 Å². The molecule has 1 aliphatic rings. The first-order chi connectivity index (χ1) is 8.06. The Morgan fingerprint density at radius 3 is 2.71 bits per heavy atom. The van der Waals surface area contributed by atoms with Crippen LogP contribution in [0, 0.1) is 6.92 Å². The van der Waals surface area contributed by atoms with Crippen molar-refractivity contribution in [3.63, 3.8) is 0 Å². The summed E-state index contributed by atoms with van der Waals surface area (Å²) >= 11 is 0. The van der Waals surface area contributed by atoms with E-state index in [4.69, 9.17) is 5.11 Å². The highest BCUT2D eigenvalue weighted by atomic mass is 16.4. The lowest BCUT2D eigenvalue weighted by Crippen LogP contribution is -2.45. The van der Waals surface area contributed by atoms with E-state index in [1.165, 1.54) is 6.42 Å². The van der Waals surface area contributed by atoms with Crippen molar-refractivity contribution in [2.75, 3.05) is 5.32 Å². The van der Waals surface area contributed by atoms with Gasteiger partial charge in [0.15, 0.2) is 0 Å². The van der Waals surface area contributed by atoms with Gasteiger partial charge in [-0.05, 0) is 44.7 Å². The highest BCUT2D eigenvalue weighted by Crippen LogP contribution is 2.38. The predicted octanol–water partition coefficient (Wildman–Crippen LogP) is 2.83. The van der Waals surface area contributed by atoms with E-state index in [0.29, 0.717) is 5.82 Å². The van der Waals surface area contributed by atoms with Crippen molar-refractivity contribution in [3.8, 4) is 0 Å². The van der Waals surface area contributed by atoms with Gasteiger partial charge in [-0.2, -0.15) is 0 Å². The van der Waals surface area contributed by atoms with Gasteiger partial charge in [-0.3, -0.25) is 0 Å². The van der Waals surface area contributed by atoms with Crippen LogP contribution >= 0.6 is 0 Å². The number of anilines is 1. The molecule has 0 amide bonds. The molecule has 0 atom stereocenters. The lowest BCUT2D eigenvalue weighted by molar-refractivity contribution is 0.0697. The third-order valence-corrected chi connectivity index (χ3v) is 3.64. The van der Waals surface area contributed by atoms with Crippen LogP contribution in [0.4, 0.5) is 5.82 Å². The van der Waals surface area contributed by atoms with E-state index in [1.54, 1.807) is 12.1 Å². The lowest BCUT2D eigenvalue weighted by atomic mass is 9.75. The van der Waals surface area contributed by atoms with Gasteiger partial charge in [0.05, 0.1) is 0 Å². The van der Waals surface area contributed by atoms with E-state index in [-0.39, 0.29) is 11.1 Å². The van der Waals surface area contributed by atoms with Crippen LogP contribution in [-0.2, 0) is 0 Å².